The number of rotatable bonds is 6. The molecule has 1 aromatic carbocycles. The van der Waals surface area contributed by atoms with Crippen molar-refractivity contribution in [2.45, 2.75) is 32.7 Å². The Kier molecular flexibility index (Phi) is 4.30. The molecular weight excluding hydrogens is 286 g/mol. The molecule has 0 aromatic heterocycles. The highest BCUT2D eigenvalue weighted by atomic mass is 16.5. The first-order valence-electron chi connectivity index (χ1n) is 7.12. The molecule has 0 aliphatic heterocycles. The third kappa shape index (κ3) is 2.73. The van der Waals surface area contributed by atoms with E-state index in [4.69, 9.17) is 14.6 Å². The lowest BCUT2D eigenvalue weighted by Gasteiger charge is -2.21. The van der Waals surface area contributed by atoms with E-state index >= 15 is 0 Å². The van der Waals surface area contributed by atoms with Crippen molar-refractivity contribution in [3.05, 3.63) is 23.3 Å². The molecule has 1 aliphatic carbocycles. The summed E-state index contributed by atoms with van der Waals surface area (Å²) in [5, 5.41) is 12.0. The Hall–Kier alpha value is -2.24. The van der Waals surface area contributed by atoms with Crippen molar-refractivity contribution in [3.8, 4) is 11.5 Å². The molecule has 2 N–H and O–H groups in total. The van der Waals surface area contributed by atoms with Crippen LogP contribution in [0.25, 0.3) is 0 Å². The van der Waals surface area contributed by atoms with Gasteiger partial charge in [-0.05, 0) is 49.9 Å². The average Bonchev–Trinajstić information content (AvgIpc) is 3.28. The summed E-state index contributed by atoms with van der Waals surface area (Å²) in [4.78, 5) is 23.4. The summed E-state index contributed by atoms with van der Waals surface area (Å²) in [7, 11) is 3.11. The number of ether oxygens (including phenoxy) is 2. The maximum absolute atomic E-state index is 12.2. The van der Waals surface area contributed by atoms with Crippen molar-refractivity contribution in [2.75, 3.05) is 14.2 Å². The number of carbonyl (C=O) groups excluding carboxylic acids is 1. The topological polar surface area (TPSA) is 84.9 Å². The van der Waals surface area contributed by atoms with E-state index in [-0.39, 0.29) is 6.04 Å². The molecule has 1 atom stereocenters. The average molecular weight is 307 g/mol. The predicted octanol–water partition coefficient (Wildman–Crippen LogP) is 2.05. The van der Waals surface area contributed by atoms with E-state index in [0.29, 0.717) is 24.3 Å². The van der Waals surface area contributed by atoms with Crippen molar-refractivity contribution < 1.29 is 24.2 Å². The fraction of sp³-hybridized carbons (Fsp3) is 0.500. The molecule has 2 rings (SSSR count). The van der Waals surface area contributed by atoms with Crippen LogP contribution in [0.2, 0.25) is 0 Å². The zero-order valence-electron chi connectivity index (χ0n) is 13.2. The van der Waals surface area contributed by atoms with E-state index in [1.807, 2.05) is 19.9 Å². The Morgan fingerprint density at radius 2 is 1.77 bits per heavy atom. The monoisotopic (exact) mass is 307 g/mol. The smallest absolute Gasteiger partial charge is 0.319 e. The minimum absolute atomic E-state index is 0.316. The number of carboxylic acid groups (broad SMARTS) is 1. The van der Waals surface area contributed by atoms with Crippen molar-refractivity contribution in [3.63, 3.8) is 0 Å². The van der Waals surface area contributed by atoms with Gasteiger partial charge in [-0.25, -0.2) is 0 Å². The fourth-order valence-electron chi connectivity index (χ4n) is 2.54. The molecule has 1 fully saturated rings. The second-order valence-corrected chi connectivity index (χ2v) is 5.65. The number of aliphatic carboxylic acids is 1. The molecule has 120 valence electrons. The summed E-state index contributed by atoms with van der Waals surface area (Å²) in [5.74, 6) is -0.294. The number of carbonyl (C=O) groups is 2. The minimum Gasteiger partial charge on any atom is -0.493 e. The fourth-order valence-corrected chi connectivity index (χ4v) is 2.54. The van der Waals surface area contributed by atoms with E-state index in [1.54, 1.807) is 20.3 Å². The maximum Gasteiger partial charge on any atom is 0.319 e. The molecule has 0 spiro atoms. The Labute approximate surface area is 129 Å². The van der Waals surface area contributed by atoms with Gasteiger partial charge in [-0.15, -0.1) is 0 Å². The minimum atomic E-state index is -1.24. The van der Waals surface area contributed by atoms with Crippen molar-refractivity contribution in [2.24, 2.45) is 5.41 Å². The Balaban J connectivity index is 2.21. The quantitative estimate of drug-likeness (QED) is 0.786. The molecule has 6 heteroatoms. The van der Waals surface area contributed by atoms with E-state index in [0.717, 1.165) is 11.1 Å². The van der Waals surface area contributed by atoms with Crippen LogP contribution in [-0.2, 0) is 9.59 Å². The summed E-state index contributed by atoms with van der Waals surface area (Å²) in [5.41, 5.74) is 0.566. The normalized spacial score (nSPS) is 16.5. The van der Waals surface area contributed by atoms with Crippen LogP contribution in [0.1, 0.15) is 36.9 Å². The van der Waals surface area contributed by atoms with Crippen LogP contribution in [0.15, 0.2) is 12.1 Å². The zero-order chi connectivity index (χ0) is 16.5. The molecule has 0 heterocycles. The molecule has 6 nitrogen and oxygen atoms in total. The first-order chi connectivity index (χ1) is 10.4. The third-order valence-corrected chi connectivity index (χ3v) is 4.18. The van der Waals surface area contributed by atoms with Crippen molar-refractivity contribution in [1.29, 1.82) is 0 Å². The van der Waals surface area contributed by atoms with Crippen LogP contribution in [0.4, 0.5) is 0 Å². The van der Waals surface area contributed by atoms with Crippen LogP contribution in [0, 0.1) is 12.3 Å². The second kappa shape index (κ2) is 5.87. The summed E-state index contributed by atoms with van der Waals surface area (Å²) in [6.07, 6.45) is 0.789. The van der Waals surface area contributed by atoms with Crippen LogP contribution < -0.4 is 14.8 Å². The van der Waals surface area contributed by atoms with Gasteiger partial charge in [0.05, 0.1) is 20.3 Å². The Morgan fingerprint density at radius 1 is 1.23 bits per heavy atom. The number of aryl methyl sites for hydroxylation is 1. The molecule has 22 heavy (non-hydrogen) atoms. The number of hydrogen-bond acceptors (Lipinski definition) is 4. The number of carboxylic acids is 1. The largest absolute Gasteiger partial charge is 0.493 e. The van der Waals surface area contributed by atoms with Gasteiger partial charge in [0.1, 0.15) is 5.41 Å². The standard InChI is InChI=1S/C16H21NO5/c1-9-7-12(21-3)13(22-4)8-11(9)10(2)17-14(18)16(5-6-16)15(19)20/h7-8,10H,5-6H2,1-4H3,(H,17,18)(H,19,20). The first-order valence-corrected chi connectivity index (χ1v) is 7.12. The SMILES string of the molecule is COc1cc(C)c(C(C)NC(=O)C2(C(=O)O)CC2)cc1OC. The summed E-state index contributed by atoms with van der Waals surface area (Å²) < 4.78 is 10.5. The van der Waals surface area contributed by atoms with Crippen molar-refractivity contribution >= 4 is 11.9 Å². The van der Waals surface area contributed by atoms with Gasteiger partial charge in [0.2, 0.25) is 5.91 Å². The molecule has 1 saturated carbocycles. The molecule has 0 bridgehead atoms. The lowest BCUT2D eigenvalue weighted by atomic mass is 9.99. The Bertz CT molecular complexity index is 607. The van der Waals surface area contributed by atoms with Crippen LogP contribution in [0.5, 0.6) is 11.5 Å². The molecule has 1 aliphatic rings. The summed E-state index contributed by atoms with van der Waals surface area (Å²) in [6.45, 7) is 3.73. The lowest BCUT2D eigenvalue weighted by Crippen LogP contribution is -2.38. The van der Waals surface area contributed by atoms with Crippen LogP contribution in [0.3, 0.4) is 0 Å². The van der Waals surface area contributed by atoms with Crippen molar-refractivity contribution in [1.82, 2.24) is 5.32 Å². The third-order valence-electron chi connectivity index (χ3n) is 4.18. The van der Waals surface area contributed by atoms with Gasteiger partial charge in [0.25, 0.3) is 0 Å². The van der Waals surface area contributed by atoms with Gasteiger partial charge in [-0.1, -0.05) is 0 Å². The Morgan fingerprint density at radius 3 is 2.23 bits per heavy atom. The molecular formula is C16H21NO5. The molecule has 1 amide bonds. The van der Waals surface area contributed by atoms with Gasteiger partial charge < -0.3 is 19.9 Å². The van der Waals surface area contributed by atoms with E-state index in [2.05, 4.69) is 5.32 Å². The van der Waals surface area contributed by atoms with Gasteiger partial charge in [-0.2, -0.15) is 0 Å². The number of amides is 1. The van der Waals surface area contributed by atoms with Crippen LogP contribution >= 0.6 is 0 Å². The van der Waals surface area contributed by atoms with Gasteiger partial charge in [-0.3, -0.25) is 9.59 Å². The highest BCUT2D eigenvalue weighted by Gasteiger charge is 2.57. The number of hydrogen-bond donors (Lipinski definition) is 2. The lowest BCUT2D eigenvalue weighted by molar-refractivity contribution is -0.149. The van der Waals surface area contributed by atoms with E-state index in [9.17, 15) is 9.59 Å². The number of nitrogens with one attached hydrogen (secondary N) is 1. The first kappa shape index (κ1) is 16.1. The highest BCUT2D eigenvalue weighted by molar-refractivity contribution is 6.04. The molecule has 0 saturated heterocycles. The summed E-state index contributed by atoms with van der Waals surface area (Å²) in [6, 6.07) is 3.32. The number of methoxy groups -OCH3 is 2. The predicted molar refractivity (Wildman–Crippen MR) is 80.1 cm³/mol. The van der Waals surface area contributed by atoms with Gasteiger partial charge in [0.15, 0.2) is 11.5 Å². The second-order valence-electron chi connectivity index (χ2n) is 5.65. The maximum atomic E-state index is 12.2. The van der Waals surface area contributed by atoms with Crippen LogP contribution in [-0.4, -0.2) is 31.2 Å². The molecule has 0 radical (unpaired) electrons. The highest BCUT2D eigenvalue weighted by Crippen LogP contribution is 2.46. The zero-order valence-corrected chi connectivity index (χ0v) is 13.2. The molecule has 1 aromatic rings. The van der Waals surface area contributed by atoms with Gasteiger partial charge in [0, 0.05) is 0 Å². The van der Waals surface area contributed by atoms with E-state index in [1.165, 1.54) is 0 Å². The van der Waals surface area contributed by atoms with Gasteiger partial charge >= 0.3 is 5.97 Å². The van der Waals surface area contributed by atoms with E-state index < -0.39 is 17.3 Å². The molecule has 1 unspecified atom stereocenters. The summed E-state index contributed by atoms with van der Waals surface area (Å²) >= 11 is 0. The number of benzene rings is 1.